The fourth-order valence-electron chi connectivity index (χ4n) is 3.44. The monoisotopic (exact) mass is 329 g/mol. The number of carboxylic acid groups (broad SMARTS) is 1. The van der Waals surface area contributed by atoms with Gasteiger partial charge in [-0.2, -0.15) is 0 Å². The number of benzene rings is 1. The molecule has 0 aliphatic carbocycles. The van der Waals surface area contributed by atoms with Crippen LogP contribution in [0.25, 0.3) is 11.0 Å². The molecule has 128 valence electrons. The van der Waals surface area contributed by atoms with Crippen molar-refractivity contribution in [3.63, 3.8) is 0 Å². The molecule has 1 aromatic carbocycles. The molecule has 0 spiro atoms. The first-order valence-corrected chi connectivity index (χ1v) is 8.53. The van der Waals surface area contributed by atoms with E-state index in [1.165, 1.54) is 0 Å². The van der Waals surface area contributed by atoms with Crippen molar-refractivity contribution in [2.75, 3.05) is 13.1 Å². The van der Waals surface area contributed by atoms with Gasteiger partial charge < -0.3 is 14.4 Å². The molecule has 1 amide bonds. The molecule has 0 bridgehead atoms. The number of carboxylic acids is 1. The summed E-state index contributed by atoms with van der Waals surface area (Å²) in [4.78, 5) is 25.4. The highest BCUT2D eigenvalue weighted by atomic mass is 16.4. The van der Waals surface area contributed by atoms with Crippen LogP contribution in [0.3, 0.4) is 0 Å². The number of carbonyl (C=O) groups is 2. The molecule has 5 heteroatoms. The summed E-state index contributed by atoms with van der Waals surface area (Å²) in [6.45, 7) is 3.27. The van der Waals surface area contributed by atoms with Gasteiger partial charge in [0.05, 0.1) is 5.92 Å². The number of piperidine rings is 1. The first kappa shape index (κ1) is 16.6. The number of carbonyl (C=O) groups excluding carboxylic acids is 1. The van der Waals surface area contributed by atoms with E-state index < -0.39 is 5.97 Å². The van der Waals surface area contributed by atoms with Crippen molar-refractivity contribution in [3.05, 3.63) is 36.1 Å². The minimum Gasteiger partial charge on any atom is -0.481 e. The van der Waals surface area contributed by atoms with Crippen LogP contribution in [0.4, 0.5) is 0 Å². The number of likely N-dealkylation sites (tertiary alicyclic amines) is 1. The molecule has 3 rings (SSSR count). The van der Waals surface area contributed by atoms with Crippen LogP contribution in [0, 0.1) is 5.92 Å². The van der Waals surface area contributed by atoms with Gasteiger partial charge in [0.1, 0.15) is 11.3 Å². The van der Waals surface area contributed by atoms with E-state index >= 15 is 0 Å². The fourth-order valence-corrected chi connectivity index (χ4v) is 3.44. The summed E-state index contributed by atoms with van der Waals surface area (Å²) in [6, 6.07) is 9.68. The molecule has 1 fully saturated rings. The zero-order chi connectivity index (χ0) is 17.1. The van der Waals surface area contributed by atoms with E-state index in [-0.39, 0.29) is 24.2 Å². The summed E-state index contributed by atoms with van der Waals surface area (Å²) >= 11 is 0. The summed E-state index contributed by atoms with van der Waals surface area (Å²) in [7, 11) is 0. The molecule has 2 heterocycles. The lowest BCUT2D eigenvalue weighted by atomic mass is 9.92. The molecule has 0 saturated carbocycles. The normalized spacial score (nSPS) is 19.4. The molecule has 24 heavy (non-hydrogen) atoms. The number of fused-ring (bicyclic) bond motifs is 1. The van der Waals surface area contributed by atoms with Crippen molar-refractivity contribution < 1.29 is 19.1 Å². The number of hydrogen-bond acceptors (Lipinski definition) is 3. The Hall–Kier alpha value is -2.30. The Morgan fingerprint density at radius 1 is 1.38 bits per heavy atom. The highest BCUT2D eigenvalue weighted by Crippen LogP contribution is 2.28. The van der Waals surface area contributed by atoms with Gasteiger partial charge in [0, 0.05) is 24.9 Å². The second kappa shape index (κ2) is 7.07. The summed E-state index contributed by atoms with van der Waals surface area (Å²) in [5.41, 5.74) is 0.796. The molecule has 1 saturated heterocycles. The number of nitrogens with zero attached hydrogens (tertiary/aromatic N) is 1. The predicted octanol–water partition coefficient (Wildman–Crippen LogP) is 3.64. The summed E-state index contributed by atoms with van der Waals surface area (Å²) in [5.74, 6) is -0.0608. The van der Waals surface area contributed by atoms with Gasteiger partial charge in [-0.1, -0.05) is 18.2 Å². The topological polar surface area (TPSA) is 70.8 Å². The Bertz CT molecular complexity index is 703. The third-order valence-electron chi connectivity index (χ3n) is 4.84. The van der Waals surface area contributed by atoms with Crippen LogP contribution in [-0.4, -0.2) is 35.0 Å². The van der Waals surface area contributed by atoms with Crippen LogP contribution >= 0.6 is 0 Å². The highest BCUT2D eigenvalue weighted by molar-refractivity contribution is 5.85. The molecule has 5 nitrogen and oxygen atoms in total. The molecule has 1 aliphatic rings. The number of aliphatic carboxylic acids is 1. The number of furan rings is 1. The number of amides is 1. The minimum atomic E-state index is -0.769. The van der Waals surface area contributed by atoms with E-state index in [2.05, 4.69) is 0 Å². The van der Waals surface area contributed by atoms with Crippen molar-refractivity contribution in [1.82, 2.24) is 4.90 Å². The molecule has 0 radical (unpaired) electrons. The zero-order valence-corrected chi connectivity index (χ0v) is 13.9. The van der Waals surface area contributed by atoms with Crippen LogP contribution in [0.5, 0.6) is 0 Å². The predicted molar refractivity (Wildman–Crippen MR) is 90.8 cm³/mol. The molecular weight excluding hydrogens is 306 g/mol. The molecule has 2 aromatic rings. The van der Waals surface area contributed by atoms with Gasteiger partial charge in [-0.25, -0.2) is 0 Å². The molecule has 1 N–H and O–H groups in total. The van der Waals surface area contributed by atoms with E-state index in [4.69, 9.17) is 9.52 Å². The summed E-state index contributed by atoms with van der Waals surface area (Å²) in [6.07, 6.45) is 2.74. The van der Waals surface area contributed by atoms with Gasteiger partial charge in [-0.15, -0.1) is 0 Å². The van der Waals surface area contributed by atoms with Gasteiger partial charge in [-0.3, -0.25) is 9.59 Å². The van der Waals surface area contributed by atoms with Crippen LogP contribution in [0.15, 0.2) is 34.7 Å². The van der Waals surface area contributed by atoms with Crippen molar-refractivity contribution >= 4 is 22.8 Å². The summed E-state index contributed by atoms with van der Waals surface area (Å²) in [5, 5.41) is 9.84. The number of hydrogen-bond donors (Lipinski definition) is 1. The maximum atomic E-state index is 12.8. The van der Waals surface area contributed by atoms with Gasteiger partial charge in [0.2, 0.25) is 5.91 Å². The van der Waals surface area contributed by atoms with Crippen molar-refractivity contribution in [1.29, 1.82) is 0 Å². The molecule has 1 aliphatic heterocycles. The van der Waals surface area contributed by atoms with Crippen molar-refractivity contribution in [2.45, 2.75) is 38.5 Å². The third-order valence-corrected chi connectivity index (χ3v) is 4.84. The van der Waals surface area contributed by atoms with Gasteiger partial charge in [0.15, 0.2) is 0 Å². The van der Waals surface area contributed by atoms with Crippen molar-refractivity contribution in [2.24, 2.45) is 5.92 Å². The molecular formula is C19H23NO4. The van der Waals surface area contributed by atoms with Gasteiger partial charge >= 0.3 is 5.97 Å². The molecule has 1 aromatic heterocycles. The Morgan fingerprint density at radius 3 is 2.92 bits per heavy atom. The average Bonchev–Trinajstić information content (AvgIpc) is 3.03. The second-order valence-electron chi connectivity index (χ2n) is 6.63. The van der Waals surface area contributed by atoms with E-state index in [0.29, 0.717) is 18.7 Å². The lowest BCUT2D eigenvalue weighted by Gasteiger charge is -2.34. The maximum Gasteiger partial charge on any atom is 0.303 e. The third kappa shape index (κ3) is 3.61. The van der Waals surface area contributed by atoms with Gasteiger partial charge in [-0.05, 0) is 44.2 Å². The Labute approximate surface area is 141 Å². The van der Waals surface area contributed by atoms with Crippen molar-refractivity contribution in [3.8, 4) is 0 Å². The van der Waals surface area contributed by atoms with Crippen LogP contribution in [0.2, 0.25) is 0 Å². The Morgan fingerprint density at radius 2 is 2.17 bits per heavy atom. The van der Waals surface area contributed by atoms with Crippen LogP contribution in [0.1, 0.15) is 44.3 Å². The SMILES string of the molecule is C[C@H](C(=O)N1CCC[C@@H](CCC(=O)O)C1)c1cc2ccccc2o1. The van der Waals surface area contributed by atoms with E-state index in [9.17, 15) is 9.59 Å². The first-order valence-electron chi connectivity index (χ1n) is 8.53. The number of para-hydroxylation sites is 1. The lowest BCUT2D eigenvalue weighted by Crippen LogP contribution is -2.41. The average molecular weight is 329 g/mol. The lowest BCUT2D eigenvalue weighted by molar-refractivity contribution is -0.137. The smallest absolute Gasteiger partial charge is 0.303 e. The van der Waals surface area contributed by atoms with Crippen LogP contribution < -0.4 is 0 Å². The first-order chi connectivity index (χ1) is 11.5. The van der Waals surface area contributed by atoms with Crippen LogP contribution in [-0.2, 0) is 9.59 Å². The van der Waals surface area contributed by atoms with E-state index in [1.54, 1.807) is 0 Å². The largest absolute Gasteiger partial charge is 0.481 e. The van der Waals surface area contributed by atoms with E-state index in [0.717, 1.165) is 30.4 Å². The highest BCUT2D eigenvalue weighted by Gasteiger charge is 2.29. The Kier molecular flexibility index (Phi) is 4.88. The standard InChI is InChI=1S/C19H23NO4/c1-13(17-11-15-6-2-3-7-16(15)24-17)19(23)20-10-4-5-14(12-20)8-9-18(21)22/h2-3,6-7,11,13-14H,4-5,8-10,12H2,1H3,(H,21,22)/t13-,14-/m0/s1. The van der Waals surface area contributed by atoms with Gasteiger partial charge in [0.25, 0.3) is 0 Å². The quantitative estimate of drug-likeness (QED) is 0.909. The molecule has 2 atom stereocenters. The maximum absolute atomic E-state index is 12.8. The minimum absolute atomic E-state index is 0.0640. The molecule has 0 unspecified atom stereocenters. The zero-order valence-electron chi connectivity index (χ0n) is 13.9. The second-order valence-corrected chi connectivity index (χ2v) is 6.63. The summed E-state index contributed by atoms with van der Waals surface area (Å²) < 4.78 is 5.82. The van der Waals surface area contributed by atoms with E-state index in [1.807, 2.05) is 42.2 Å². The fraction of sp³-hybridized carbons (Fsp3) is 0.474. The number of rotatable bonds is 5. The Balaban J connectivity index is 1.67.